The molecule has 0 heterocycles. The number of ether oxygens (including phenoxy) is 1. The van der Waals surface area contributed by atoms with Gasteiger partial charge in [0, 0.05) is 4.47 Å². The normalized spacial score (nSPS) is 9.57. The molecule has 0 spiro atoms. The van der Waals surface area contributed by atoms with E-state index in [1.54, 1.807) is 7.11 Å². The number of hydrogen-bond donors (Lipinski definition) is 0. The van der Waals surface area contributed by atoms with Crippen LogP contribution in [0.15, 0.2) is 40.9 Å². The molecule has 2 rings (SSSR count). The Morgan fingerprint density at radius 1 is 1.00 bits per heavy atom. The highest BCUT2D eigenvalue weighted by molar-refractivity contribution is 9.10. The molecule has 2 aromatic carbocycles. The quantitative estimate of drug-likeness (QED) is 0.719. The fraction of sp³-hybridized carbons (Fsp3) is 0.0909. The van der Waals surface area contributed by atoms with E-state index in [1.807, 2.05) is 18.2 Å². The SMILES string of the molecule is COc1ccc2cc(Br)ccc2c1.[MgH2]. The molecule has 1 nitrogen and oxygen atoms in total. The van der Waals surface area contributed by atoms with Crippen molar-refractivity contribution in [3.05, 3.63) is 40.9 Å². The molecule has 0 bridgehead atoms. The van der Waals surface area contributed by atoms with Gasteiger partial charge in [-0.2, -0.15) is 0 Å². The van der Waals surface area contributed by atoms with E-state index in [9.17, 15) is 0 Å². The molecular formula is C11H11BrMgO. The monoisotopic (exact) mass is 262 g/mol. The summed E-state index contributed by atoms with van der Waals surface area (Å²) in [5.74, 6) is 0.898. The summed E-state index contributed by atoms with van der Waals surface area (Å²) in [6, 6.07) is 12.2. The van der Waals surface area contributed by atoms with Gasteiger partial charge >= 0.3 is 23.1 Å². The highest BCUT2D eigenvalue weighted by atomic mass is 79.9. The van der Waals surface area contributed by atoms with Crippen molar-refractivity contribution in [2.75, 3.05) is 7.11 Å². The summed E-state index contributed by atoms with van der Waals surface area (Å²) in [5, 5.41) is 2.41. The number of halogens is 1. The Morgan fingerprint density at radius 3 is 2.36 bits per heavy atom. The largest absolute Gasteiger partial charge is 0.497 e. The molecule has 3 heteroatoms. The highest BCUT2D eigenvalue weighted by Gasteiger charge is 1.96. The van der Waals surface area contributed by atoms with Crippen LogP contribution in [0.4, 0.5) is 0 Å². The van der Waals surface area contributed by atoms with Crippen LogP contribution in [0.2, 0.25) is 0 Å². The van der Waals surface area contributed by atoms with E-state index in [4.69, 9.17) is 4.74 Å². The van der Waals surface area contributed by atoms with Gasteiger partial charge < -0.3 is 4.74 Å². The molecule has 70 valence electrons. The lowest BCUT2D eigenvalue weighted by molar-refractivity contribution is 0.415. The van der Waals surface area contributed by atoms with Crippen molar-refractivity contribution in [2.45, 2.75) is 0 Å². The molecule has 0 saturated carbocycles. The smallest absolute Gasteiger partial charge is 0.316 e. The van der Waals surface area contributed by atoms with E-state index in [1.165, 1.54) is 10.8 Å². The van der Waals surface area contributed by atoms with E-state index >= 15 is 0 Å². The van der Waals surface area contributed by atoms with Gasteiger partial charge in [-0.15, -0.1) is 0 Å². The summed E-state index contributed by atoms with van der Waals surface area (Å²) in [7, 11) is 1.68. The highest BCUT2D eigenvalue weighted by Crippen LogP contribution is 2.23. The van der Waals surface area contributed by atoms with Crippen LogP contribution in [-0.4, -0.2) is 30.2 Å². The van der Waals surface area contributed by atoms with Crippen LogP contribution >= 0.6 is 15.9 Å². The second-order valence-electron chi connectivity index (χ2n) is 2.86. The van der Waals surface area contributed by atoms with Gasteiger partial charge in [0.15, 0.2) is 0 Å². The summed E-state index contributed by atoms with van der Waals surface area (Å²) >= 11 is 3.44. The molecule has 0 atom stereocenters. The predicted octanol–water partition coefficient (Wildman–Crippen LogP) is 2.69. The van der Waals surface area contributed by atoms with Crippen LogP contribution in [0, 0.1) is 0 Å². The zero-order valence-electron chi connectivity index (χ0n) is 7.25. The molecule has 14 heavy (non-hydrogen) atoms. The van der Waals surface area contributed by atoms with E-state index in [2.05, 4.69) is 34.1 Å². The third kappa shape index (κ3) is 2.41. The Kier molecular flexibility index (Phi) is 4.22. The van der Waals surface area contributed by atoms with Crippen molar-refractivity contribution in [2.24, 2.45) is 0 Å². The van der Waals surface area contributed by atoms with Crippen molar-refractivity contribution in [3.63, 3.8) is 0 Å². The molecule has 0 aromatic heterocycles. The zero-order valence-corrected chi connectivity index (χ0v) is 8.84. The maximum Gasteiger partial charge on any atom is 0.316 e. The number of hydrogen-bond acceptors (Lipinski definition) is 1. The van der Waals surface area contributed by atoms with E-state index in [-0.39, 0.29) is 23.1 Å². The molecule has 0 fully saturated rings. The van der Waals surface area contributed by atoms with E-state index in [0.717, 1.165) is 10.2 Å². The van der Waals surface area contributed by atoms with Crippen LogP contribution in [0.5, 0.6) is 5.75 Å². The van der Waals surface area contributed by atoms with Crippen LogP contribution in [-0.2, 0) is 0 Å². The van der Waals surface area contributed by atoms with Gasteiger partial charge in [0.25, 0.3) is 0 Å². The molecule has 0 radical (unpaired) electrons. The Bertz CT molecular complexity index is 442. The van der Waals surface area contributed by atoms with Crippen molar-refractivity contribution >= 4 is 49.8 Å². The standard InChI is InChI=1S/C11H9BrO.Mg.2H/c1-13-11-5-3-8-6-10(12)4-2-9(8)7-11;;;/h2-7H,1H3;;;. The first-order chi connectivity index (χ1) is 6.29. The molecule has 2 aromatic rings. The first-order valence-electron chi connectivity index (χ1n) is 4.03. The average Bonchev–Trinajstić information content (AvgIpc) is 2.17. The van der Waals surface area contributed by atoms with Gasteiger partial charge in [-0.1, -0.05) is 28.1 Å². The summed E-state index contributed by atoms with van der Waals surface area (Å²) in [4.78, 5) is 0. The van der Waals surface area contributed by atoms with Gasteiger partial charge in [-0.3, -0.25) is 0 Å². The summed E-state index contributed by atoms with van der Waals surface area (Å²) in [6.07, 6.45) is 0. The maximum atomic E-state index is 5.14. The number of benzene rings is 2. The topological polar surface area (TPSA) is 9.23 Å². The van der Waals surface area contributed by atoms with Gasteiger partial charge in [-0.05, 0) is 35.0 Å². The van der Waals surface area contributed by atoms with Crippen LogP contribution < -0.4 is 4.74 Å². The molecule has 0 aliphatic heterocycles. The maximum absolute atomic E-state index is 5.14. The fourth-order valence-corrected chi connectivity index (χ4v) is 1.70. The third-order valence-corrected chi connectivity index (χ3v) is 2.50. The van der Waals surface area contributed by atoms with Crippen molar-refractivity contribution in [1.82, 2.24) is 0 Å². The molecule has 0 aliphatic rings. The number of rotatable bonds is 1. The lowest BCUT2D eigenvalue weighted by Gasteiger charge is -2.02. The van der Waals surface area contributed by atoms with E-state index < -0.39 is 0 Å². The number of fused-ring (bicyclic) bond motifs is 1. The minimum absolute atomic E-state index is 0. The lowest BCUT2D eigenvalue weighted by Crippen LogP contribution is -1.81. The lowest BCUT2D eigenvalue weighted by atomic mass is 10.1. The predicted molar refractivity (Wildman–Crippen MR) is 66.7 cm³/mol. The minimum atomic E-state index is 0. The van der Waals surface area contributed by atoms with Crippen molar-refractivity contribution in [3.8, 4) is 5.75 Å². The van der Waals surface area contributed by atoms with Crippen LogP contribution in [0.25, 0.3) is 10.8 Å². The first kappa shape index (κ1) is 11.8. The Labute approximate surface area is 108 Å². The molecule has 0 aliphatic carbocycles. The van der Waals surface area contributed by atoms with Gasteiger partial charge in [0.2, 0.25) is 0 Å². The molecule has 0 saturated heterocycles. The summed E-state index contributed by atoms with van der Waals surface area (Å²) in [6.45, 7) is 0. The second-order valence-corrected chi connectivity index (χ2v) is 3.77. The minimum Gasteiger partial charge on any atom is -0.497 e. The van der Waals surface area contributed by atoms with Gasteiger partial charge in [0.1, 0.15) is 5.75 Å². The summed E-state index contributed by atoms with van der Waals surface area (Å²) in [5.41, 5.74) is 0. The van der Waals surface area contributed by atoms with E-state index in [0.29, 0.717) is 0 Å². The molecule has 0 N–H and O–H groups in total. The van der Waals surface area contributed by atoms with Crippen LogP contribution in [0.1, 0.15) is 0 Å². The van der Waals surface area contributed by atoms with Crippen molar-refractivity contribution < 1.29 is 4.74 Å². The molecule has 0 unspecified atom stereocenters. The molecular weight excluding hydrogens is 252 g/mol. The Balaban J connectivity index is 0.000000980. The van der Waals surface area contributed by atoms with Gasteiger partial charge in [0.05, 0.1) is 7.11 Å². The summed E-state index contributed by atoms with van der Waals surface area (Å²) < 4.78 is 6.24. The van der Waals surface area contributed by atoms with Crippen LogP contribution in [0.3, 0.4) is 0 Å². The second kappa shape index (κ2) is 5.00. The first-order valence-corrected chi connectivity index (χ1v) is 4.82. The molecule has 0 amide bonds. The third-order valence-electron chi connectivity index (χ3n) is 2.01. The number of methoxy groups -OCH3 is 1. The zero-order chi connectivity index (χ0) is 9.26. The average molecular weight is 263 g/mol. The fourth-order valence-electron chi connectivity index (χ4n) is 1.32. The van der Waals surface area contributed by atoms with Crippen molar-refractivity contribution in [1.29, 1.82) is 0 Å². The van der Waals surface area contributed by atoms with Gasteiger partial charge in [-0.25, -0.2) is 0 Å². The Morgan fingerprint density at radius 2 is 1.64 bits per heavy atom. The Hall–Kier alpha value is -0.254.